The molecule has 0 spiro atoms. The van der Waals surface area contributed by atoms with E-state index in [9.17, 15) is 10.1 Å². The van der Waals surface area contributed by atoms with Crippen molar-refractivity contribution in [3.8, 4) is 0 Å². The number of nitrogens with zero attached hydrogens (tertiary/aromatic N) is 3. The lowest BCUT2D eigenvalue weighted by Crippen LogP contribution is -1.97. The maximum Gasteiger partial charge on any atom is 0.294 e. The minimum atomic E-state index is -0.451. The smallest absolute Gasteiger partial charge is 0.294 e. The summed E-state index contributed by atoms with van der Waals surface area (Å²) in [4.78, 5) is 10.6. The van der Waals surface area contributed by atoms with E-state index < -0.39 is 4.92 Å². The van der Waals surface area contributed by atoms with E-state index in [0.717, 1.165) is 23.0 Å². The Hall–Kier alpha value is -2.86. The maximum atomic E-state index is 11.0. The van der Waals surface area contributed by atoms with Crippen molar-refractivity contribution >= 4 is 40.1 Å². The van der Waals surface area contributed by atoms with Gasteiger partial charge in [-0.15, -0.1) is 0 Å². The molecule has 0 saturated carbocycles. The Morgan fingerprint density at radius 2 is 1.96 bits per heavy atom. The van der Waals surface area contributed by atoms with E-state index in [1.165, 1.54) is 6.07 Å². The maximum absolute atomic E-state index is 11.0. The topological polar surface area (TPSA) is 72.5 Å². The van der Waals surface area contributed by atoms with E-state index in [4.69, 9.17) is 11.6 Å². The lowest BCUT2D eigenvalue weighted by atomic mass is 10.2. The predicted molar refractivity (Wildman–Crippen MR) is 96.9 cm³/mol. The molecular formula is C17H15ClN4O2. The van der Waals surface area contributed by atoms with Gasteiger partial charge in [0.2, 0.25) is 0 Å². The number of aromatic nitrogens is 1. The predicted octanol–water partition coefficient (Wildman–Crippen LogP) is 4.67. The van der Waals surface area contributed by atoms with Crippen LogP contribution in [0.15, 0.2) is 53.6 Å². The number of nitro groups is 1. The van der Waals surface area contributed by atoms with Gasteiger partial charge in [0.1, 0.15) is 10.8 Å². The molecule has 0 aliphatic carbocycles. The van der Waals surface area contributed by atoms with Gasteiger partial charge in [-0.05, 0) is 19.1 Å². The fourth-order valence-corrected chi connectivity index (χ4v) is 2.99. The van der Waals surface area contributed by atoms with E-state index in [1.54, 1.807) is 24.4 Å². The summed E-state index contributed by atoms with van der Waals surface area (Å²) in [5.41, 5.74) is 4.82. The van der Waals surface area contributed by atoms with Crippen molar-refractivity contribution in [2.24, 2.45) is 5.10 Å². The van der Waals surface area contributed by atoms with E-state index in [-0.39, 0.29) is 5.69 Å². The van der Waals surface area contributed by atoms with Crippen molar-refractivity contribution in [2.75, 3.05) is 5.43 Å². The summed E-state index contributed by atoms with van der Waals surface area (Å²) >= 11 is 6.45. The van der Waals surface area contributed by atoms with Crippen LogP contribution >= 0.6 is 11.6 Å². The zero-order valence-electron chi connectivity index (χ0n) is 12.9. The summed E-state index contributed by atoms with van der Waals surface area (Å²) in [5.74, 6) is 0. The molecule has 122 valence electrons. The van der Waals surface area contributed by atoms with Crippen LogP contribution in [0.2, 0.25) is 5.15 Å². The van der Waals surface area contributed by atoms with Crippen molar-refractivity contribution in [2.45, 2.75) is 13.5 Å². The summed E-state index contributed by atoms with van der Waals surface area (Å²) < 4.78 is 1.99. The molecular weight excluding hydrogens is 328 g/mol. The molecule has 0 fully saturated rings. The molecule has 0 unspecified atom stereocenters. The van der Waals surface area contributed by atoms with Crippen LogP contribution in [-0.4, -0.2) is 15.7 Å². The molecule has 3 aromatic rings. The highest BCUT2D eigenvalue weighted by Crippen LogP contribution is 2.29. The van der Waals surface area contributed by atoms with Crippen molar-refractivity contribution < 1.29 is 4.92 Å². The number of aryl methyl sites for hydroxylation is 1. The third-order valence-corrected chi connectivity index (χ3v) is 4.15. The molecule has 0 amide bonds. The number of hydrogen-bond donors (Lipinski definition) is 1. The molecule has 0 bridgehead atoms. The van der Waals surface area contributed by atoms with Crippen molar-refractivity contribution in [3.63, 3.8) is 0 Å². The highest BCUT2D eigenvalue weighted by atomic mass is 35.5. The third kappa shape index (κ3) is 2.83. The number of anilines is 1. The number of nitrogens with one attached hydrogen (secondary N) is 1. The monoisotopic (exact) mass is 342 g/mol. The molecule has 1 heterocycles. The van der Waals surface area contributed by atoms with E-state index in [1.807, 2.05) is 35.8 Å². The van der Waals surface area contributed by atoms with Crippen molar-refractivity contribution in [1.29, 1.82) is 0 Å². The number of benzene rings is 2. The minimum Gasteiger partial charge on any atom is -0.331 e. The lowest BCUT2D eigenvalue weighted by molar-refractivity contribution is -0.384. The van der Waals surface area contributed by atoms with Gasteiger partial charge in [-0.25, -0.2) is 0 Å². The molecule has 0 atom stereocenters. The van der Waals surface area contributed by atoms with Crippen LogP contribution in [0.3, 0.4) is 0 Å². The summed E-state index contributed by atoms with van der Waals surface area (Å²) in [5, 5.41) is 16.7. The first-order chi connectivity index (χ1) is 11.6. The molecule has 0 radical (unpaired) electrons. The molecule has 0 saturated heterocycles. The van der Waals surface area contributed by atoms with Gasteiger partial charge in [0.25, 0.3) is 5.69 Å². The van der Waals surface area contributed by atoms with Gasteiger partial charge in [-0.2, -0.15) is 5.10 Å². The largest absolute Gasteiger partial charge is 0.331 e. The Labute approximate surface area is 143 Å². The normalized spacial score (nSPS) is 11.2. The standard InChI is InChI=1S/C17H15ClN4O2/c1-2-21-15-9-5-3-7-12(15)13(17(21)18)11-19-20-14-8-4-6-10-16(14)22(23)24/h3-11,20H,2H2,1H3/b19-11+. The molecule has 7 heteroatoms. The van der Waals surface area contributed by atoms with Gasteiger partial charge >= 0.3 is 0 Å². The number of hydrazone groups is 1. The molecule has 3 rings (SSSR count). The lowest BCUT2D eigenvalue weighted by Gasteiger charge is -2.02. The Morgan fingerprint density at radius 1 is 1.25 bits per heavy atom. The number of fused-ring (bicyclic) bond motifs is 1. The summed E-state index contributed by atoms with van der Waals surface area (Å²) in [6, 6.07) is 14.2. The molecule has 0 aliphatic heterocycles. The SMILES string of the molecule is CCn1c(Cl)c(/C=N/Nc2ccccc2[N+](=O)[O-])c2ccccc21. The van der Waals surface area contributed by atoms with Gasteiger partial charge in [0.15, 0.2) is 0 Å². The molecule has 24 heavy (non-hydrogen) atoms. The van der Waals surface area contributed by atoms with Crippen LogP contribution in [0.4, 0.5) is 11.4 Å². The fourth-order valence-electron chi connectivity index (χ4n) is 2.62. The Balaban J connectivity index is 1.95. The number of rotatable bonds is 5. The molecule has 1 N–H and O–H groups in total. The molecule has 2 aromatic carbocycles. The van der Waals surface area contributed by atoms with Crippen LogP contribution in [0.5, 0.6) is 0 Å². The quantitative estimate of drug-likeness (QED) is 0.416. The first-order valence-electron chi connectivity index (χ1n) is 7.42. The van der Waals surface area contributed by atoms with Gasteiger partial charge < -0.3 is 4.57 Å². The highest BCUT2D eigenvalue weighted by molar-refractivity contribution is 6.34. The highest BCUT2D eigenvalue weighted by Gasteiger charge is 2.14. The summed E-state index contributed by atoms with van der Waals surface area (Å²) in [6.45, 7) is 2.76. The number of nitro benzene ring substituents is 1. The van der Waals surface area contributed by atoms with Crippen molar-refractivity contribution in [1.82, 2.24) is 4.57 Å². The average molecular weight is 343 g/mol. The van der Waals surface area contributed by atoms with Crippen LogP contribution in [0.25, 0.3) is 10.9 Å². The zero-order valence-corrected chi connectivity index (χ0v) is 13.7. The third-order valence-electron chi connectivity index (χ3n) is 3.74. The number of hydrogen-bond acceptors (Lipinski definition) is 4. The Kier molecular flexibility index (Phi) is 4.48. The second-order valence-electron chi connectivity index (χ2n) is 5.11. The minimum absolute atomic E-state index is 0.0308. The number of halogens is 1. The summed E-state index contributed by atoms with van der Waals surface area (Å²) in [6.07, 6.45) is 1.59. The van der Waals surface area contributed by atoms with E-state index >= 15 is 0 Å². The molecule has 6 nitrogen and oxygen atoms in total. The fraction of sp³-hybridized carbons (Fsp3) is 0.118. The van der Waals surface area contributed by atoms with Crippen LogP contribution < -0.4 is 5.43 Å². The van der Waals surface area contributed by atoms with Crippen LogP contribution in [0, 0.1) is 10.1 Å². The second-order valence-corrected chi connectivity index (χ2v) is 5.47. The van der Waals surface area contributed by atoms with Gasteiger partial charge in [-0.1, -0.05) is 41.9 Å². The average Bonchev–Trinajstić information content (AvgIpc) is 2.86. The Morgan fingerprint density at radius 3 is 2.71 bits per heavy atom. The summed E-state index contributed by atoms with van der Waals surface area (Å²) in [7, 11) is 0. The van der Waals surface area contributed by atoms with Gasteiger partial charge in [0.05, 0.1) is 11.1 Å². The van der Waals surface area contributed by atoms with Gasteiger partial charge in [0, 0.05) is 29.1 Å². The molecule has 1 aromatic heterocycles. The van der Waals surface area contributed by atoms with Gasteiger partial charge in [-0.3, -0.25) is 15.5 Å². The second kappa shape index (κ2) is 6.72. The first-order valence-corrected chi connectivity index (χ1v) is 7.80. The Bertz CT molecular complexity index is 933. The van der Waals surface area contributed by atoms with E-state index in [2.05, 4.69) is 10.5 Å². The van der Waals surface area contributed by atoms with Crippen LogP contribution in [-0.2, 0) is 6.54 Å². The first kappa shape index (κ1) is 16.0. The molecule has 0 aliphatic rings. The van der Waals surface area contributed by atoms with Crippen molar-refractivity contribution in [3.05, 3.63) is 69.4 Å². The number of para-hydroxylation sites is 3. The zero-order chi connectivity index (χ0) is 17.1. The van der Waals surface area contributed by atoms with Crippen LogP contribution in [0.1, 0.15) is 12.5 Å². The van der Waals surface area contributed by atoms with E-state index in [0.29, 0.717) is 10.8 Å².